The molecule has 0 radical (unpaired) electrons. The summed E-state index contributed by atoms with van der Waals surface area (Å²) in [6, 6.07) is 1.57. The molecule has 0 N–H and O–H groups in total. The quantitative estimate of drug-likeness (QED) is 0.540. The minimum atomic E-state index is -0.469. The fourth-order valence-corrected chi connectivity index (χ4v) is 2.78. The molecule has 0 aliphatic heterocycles. The molecule has 0 bridgehead atoms. The summed E-state index contributed by atoms with van der Waals surface area (Å²) < 4.78 is 1.65. The van der Waals surface area contributed by atoms with E-state index in [9.17, 15) is 10.1 Å². The molecule has 0 aliphatic carbocycles. The topological polar surface area (TPSA) is 99.1 Å². The van der Waals surface area contributed by atoms with Gasteiger partial charge < -0.3 is 0 Å². The van der Waals surface area contributed by atoms with Crippen LogP contribution in [0.1, 0.15) is 17.0 Å². The van der Waals surface area contributed by atoms with Gasteiger partial charge in [-0.05, 0) is 44.2 Å². The van der Waals surface area contributed by atoms with Crippen molar-refractivity contribution < 1.29 is 4.92 Å². The summed E-state index contributed by atoms with van der Waals surface area (Å²) in [5.41, 5.74) is 2.82. The van der Waals surface area contributed by atoms with Crippen molar-refractivity contribution in [1.29, 1.82) is 0 Å². The van der Waals surface area contributed by atoms with E-state index >= 15 is 0 Å². The van der Waals surface area contributed by atoms with Gasteiger partial charge in [-0.3, -0.25) is 15.1 Å². The van der Waals surface area contributed by atoms with Crippen molar-refractivity contribution in [2.75, 3.05) is 0 Å². The number of hydrogen-bond donors (Lipinski definition) is 0. The summed E-state index contributed by atoms with van der Waals surface area (Å²) in [4.78, 5) is 23.5. The van der Waals surface area contributed by atoms with Gasteiger partial charge in [0.25, 0.3) is 5.78 Å². The van der Waals surface area contributed by atoms with Gasteiger partial charge in [0.2, 0.25) is 5.16 Å². The molecular weight excluding hydrogens is 304 g/mol. The first kappa shape index (κ1) is 14.4. The summed E-state index contributed by atoms with van der Waals surface area (Å²) in [7, 11) is 0. The van der Waals surface area contributed by atoms with Crippen molar-refractivity contribution in [3.63, 3.8) is 0 Å². The highest BCUT2D eigenvalue weighted by atomic mass is 32.2. The fraction of sp³-hybridized carbons (Fsp3) is 0.231. The molecule has 0 saturated carbocycles. The lowest BCUT2D eigenvalue weighted by Gasteiger charge is -2.04. The molecule has 3 rings (SSSR count). The van der Waals surface area contributed by atoms with Crippen molar-refractivity contribution in [2.24, 2.45) is 0 Å². The van der Waals surface area contributed by atoms with Crippen LogP contribution >= 0.6 is 11.8 Å². The van der Waals surface area contributed by atoms with E-state index in [0.717, 1.165) is 28.7 Å². The number of nitro groups is 1. The van der Waals surface area contributed by atoms with Crippen LogP contribution in [0.25, 0.3) is 5.78 Å². The summed E-state index contributed by atoms with van der Waals surface area (Å²) in [5, 5.41) is 15.8. The summed E-state index contributed by atoms with van der Waals surface area (Å²) in [6.07, 6.45) is 2.72. The van der Waals surface area contributed by atoms with E-state index in [1.165, 1.54) is 12.4 Å². The van der Waals surface area contributed by atoms with E-state index in [4.69, 9.17) is 0 Å². The van der Waals surface area contributed by atoms with E-state index < -0.39 is 4.92 Å². The Bertz CT molecular complexity index is 892. The Morgan fingerprint density at radius 1 is 1.27 bits per heavy atom. The first-order chi connectivity index (χ1) is 10.5. The number of aryl methyl sites for hydroxylation is 2. The second kappa shape index (κ2) is 5.34. The van der Waals surface area contributed by atoms with Gasteiger partial charge >= 0.3 is 5.69 Å². The molecule has 112 valence electrons. The first-order valence-corrected chi connectivity index (χ1v) is 7.26. The van der Waals surface area contributed by atoms with E-state index in [2.05, 4.69) is 20.1 Å². The molecule has 3 aromatic rings. The predicted octanol–water partition coefficient (Wildman–Crippen LogP) is 2.50. The molecule has 0 spiro atoms. The third-order valence-corrected chi connectivity index (χ3v) is 4.32. The average Bonchev–Trinajstić information content (AvgIpc) is 2.88. The standard InChI is InChI=1S/C13H12N6O2S/c1-7-8(2)15-12-16-13(17-18(12)9(7)3)22-11-4-5-14-6-10(11)19(20)21/h4-6H,1-3H3. The van der Waals surface area contributed by atoms with Crippen LogP contribution in [0.5, 0.6) is 0 Å². The van der Waals surface area contributed by atoms with Crippen LogP contribution in [0.3, 0.4) is 0 Å². The lowest BCUT2D eigenvalue weighted by molar-refractivity contribution is -0.388. The third kappa shape index (κ3) is 2.39. The van der Waals surface area contributed by atoms with Crippen LogP contribution in [-0.2, 0) is 0 Å². The van der Waals surface area contributed by atoms with Crippen molar-refractivity contribution in [3.05, 3.63) is 45.5 Å². The van der Waals surface area contributed by atoms with Gasteiger partial charge in [-0.1, -0.05) is 0 Å². The zero-order valence-electron chi connectivity index (χ0n) is 12.1. The highest BCUT2D eigenvalue weighted by Crippen LogP contribution is 2.32. The molecule has 9 heteroatoms. The zero-order chi connectivity index (χ0) is 15.9. The largest absolute Gasteiger partial charge is 0.301 e. The van der Waals surface area contributed by atoms with Gasteiger partial charge in [-0.15, -0.1) is 5.10 Å². The maximum absolute atomic E-state index is 11.0. The zero-order valence-corrected chi connectivity index (χ0v) is 13.0. The number of aromatic nitrogens is 5. The third-order valence-electron chi connectivity index (χ3n) is 3.40. The molecule has 8 nitrogen and oxygen atoms in total. The maximum Gasteiger partial charge on any atom is 0.301 e. The van der Waals surface area contributed by atoms with Gasteiger partial charge in [0, 0.05) is 17.6 Å². The Morgan fingerprint density at radius 2 is 2.05 bits per heavy atom. The molecule has 0 unspecified atom stereocenters. The fourth-order valence-electron chi connectivity index (χ4n) is 1.98. The minimum Gasteiger partial charge on any atom is -0.258 e. The Labute approximate surface area is 129 Å². The first-order valence-electron chi connectivity index (χ1n) is 6.44. The summed E-state index contributed by atoms with van der Waals surface area (Å²) >= 11 is 1.12. The molecule has 0 aliphatic rings. The Kier molecular flexibility index (Phi) is 3.49. The minimum absolute atomic E-state index is 0.0663. The lowest BCUT2D eigenvalue weighted by Crippen LogP contribution is -2.02. The highest BCUT2D eigenvalue weighted by Gasteiger charge is 2.18. The Hall–Kier alpha value is -2.55. The molecule has 0 fully saturated rings. The van der Waals surface area contributed by atoms with Gasteiger partial charge in [-0.2, -0.15) is 4.98 Å². The van der Waals surface area contributed by atoms with E-state index in [1.807, 2.05) is 20.8 Å². The van der Waals surface area contributed by atoms with Crippen LogP contribution in [0.4, 0.5) is 5.69 Å². The summed E-state index contributed by atoms with van der Waals surface area (Å²) in [6.45, 7) is 5.83. The number of pyridine rings is 1. The van der Waals surface area contributed by atoms with Crippen LogP contribution in [0.15, 0.2) is 28.5 Å². The SMILES string of the molecule is Cc1nc2nc(Sc3ccncc3[N+](=O)[O-])nn2c(C)c1C. The van der Waals surface area contributed by atoms with Gasteiger partial charge in [0.1, 0.15) is 6.20 Å². The van der Waals surface area contributed by atoms with Crippen LogP contribution in [-0.4, -0.2) is 29.5 Å². The Balaban J connectivity index is 2.06. The molecule has 0 atom stereocenters. The normalized spacial score (nSPS) is 11.0. The second-order valence-corrected chi connectivity index (χ2v) is 5.73. The molecule has 0 aromatic carbocycles. The molecular formula is C13H12N6O2S. The number of rotatable bonds is 3. The van der Waals surface area contributed by atoms with Gasteiger partial charge in [0.05, 0.1) is 9.82 Å². The number of fused-ring (bicyclic) bond motifs is 1. The van der Waals surface area contributed by atoms with E-state index in [-0.39, 0.29) is 5.69 Å². The monoisotopic (exact) mass is 316 g/mol. The van der Waals surface area contributed by atoms with Crippen molar-refractivity contribution in [3.8, 4) is 0 Å². The van der Waals surface area contributed by atoms with Crippen molar-refractivity contribution in [1.82, 2.24) is 24.6 Å². The van der Waals surface area contributed by atoms with Crippen LogP contribution in [0, 0.1) is 30.9 Å². The van der Waals surface area contributed by atoms with Crippen LogP contribution in [0.2, 0.25) is 0 Å². The molecule has 3 aromatic heterocycles. The molecule has 3 heterocycles. The number of hydrogen-bond acceptors (Lipinski definition) is 7. The predicted molar refractivity (Wildman–Crippen MR) is 80.0 cm³/mol. The van der Waals surface area contributed by atoms with Crippen molar-refractivity contribution in [2.45, 2.75) is 30.8 Å². The Morgan fingerprint density at radius 3 is 2.77 bits per heavy atom. The smallest absolute Gasteiger partial charge is 0.258 e. The molecule has 0 saturated heterocycles. The highest BCUT2D eigenvalue weighted by molar-refractivity contribution is 7.99. The average molecular weight is 316 g/mol. The van der Waals surface area contributed by atoms with Gasteiger partial charge in [0.15, 0.2) is 0 Å². The van der Waals surface area contributed by atoms with E-state index in [0.29, 0.717) is 15.8 Å². The summed E-state index contributed by atoms with van der Waals surface area (Å²) in [5.74, 6) is 0.486. The van der Waals surface area contributed by atoms with E-state index in [1.54, 1.807) is 10.6 Å². The molecule has 0 amide bonds. The van der Waals surface area contributed by atoms with Crippen molar-refractivity contribution >= 4 is 23.2 Å². The van der Waals surface area contributed by atoms with Crippen LogP contribution < -0.4 is 0 Å². The molecule has 22 heavy (non-hydrogen) atoms. The van der Waals surface area contributed by atoms with Gasteiger partial charge in [-0.25, -0.2) is 9.50 Å². The maximum atomic E-state index is 11.0. The number of nitrogens with zero attached hydrogens (tertiary/aromatic N) is 6. The second-order valence-electron chi connectivity index (χ2n) is 4.72. The lowest BCUT2D eigenvalue weighted by atomic mass is 10.2.